The van der Waals surface area contributed by atoms with Crippen molar-refractivity contribution in [3.63, 3.8) is 0 Å². The molecule has 86 valence electrons. The van der Waals surface area contributed by atoms with Gasteiger partial charge in [-0.15, -0.1) is 12.4 Å². The molecule has 0 aliphatic rings. The van der Waals surface area contributed by atoms with Crippen LogP contribution in [-0.4, -0.2) is 10.2 Å². The van der Waals surface area contributed by atoms with Gasteiger partial charge in [0.2, 0.25) is 0 Å². The highest BCUT2D eigenvalue weighted by molar-refractivity contribution is 5.85. The van der Waals surface area contributed by atoms with E-state index in [2.05, 4.69) is 0 Å². The Labute approximate surface area is 96.3 Å². The average Bonchev–Trinajstić information content (AvgIpc) is 2.01. The molecular weight excluding hydrogens is 214 g/mol. The molecule has 0 aromatic heterocycles. The van der Waals surface area contributed by atoms with Crippen LogP contribution < -0.4 is 5.73 Å². The molecule has 4 heteroatoms. The standard InChI is InChI=1S/C11H17NO2.ClH/c1-11(2,3)10(12)8-5-4-7(13)6-9(8)14;/h4-6,10,13-14H,12H2,1-3H3;1H/t10-;/m0./s1. The van der Waals surface area contributed by atoms with Gasteiger partial charge in [0.1, 0.15) is 11.5 Å². The lowest BCUT2D eigenvalue weighted by Crippen LogP contribution is -2.26. The number of phenolic OH excluding ortho intramolecular Hbond substituents is 2. The van der Waals surface area contributed by atoms with Gasteiger partial charge < -0.3 is 15.9 Å². The van der Waals surface area contributed by atoms with Crippen molar-refractivity contribution in [2.24, 2.45) is 11.1 Å². The number of aromatic hydroxyl groups is 2. The summed E-state index contributed by atoms with van der Waals surface area (Å²) in [6, 6.07) is 4.24. The molecule has 1 aromatic carbocycles. The average molecular weight is 232 g/mol. The molecule has 0 radical (unpaired) electrons. The molecule has 3 nitrogen and oxygen atoms in total. The summed E-state index contributed by atoms with van der Waals surface area (Å²) in [4.78, 5) is 0. The summed E-state index contributed by atoms with van der Waals surface area (Å²) in [7, 11) is 0. The molecule has 1 aromatic rings. The number of benzene rings is 1. The zero-order chi connectivity index (χ0) is 10.9. The third kappa shape index (κ3) is 3.29. The molecule has 0 aliphatic heterocycles. The predicted molar refractivity (Wildman–Crippen MR) is 63.4 cm³/mol. The molecule has 1 atom stereocenters. The Bertz CT molecular complexity index is 334. The maximum atomic E-state index is 9.59. The van der Waals surface area contributed by atoms with Crippen LogP contribution in [0.4, 0.5) is 0 Å². The van der Waals surface area contributed by atoms with Crippen molar-refractivity contribution >= 4 is 12.4 Å². The van der Waals surface area contributed by atoms with E-state index in [1.807, 2.05) is 20.8 Å². The Hall–Kier alpha value is -0.930. The van der Waals surface area contributed by atoms with E-state index in [1.165, 1.54) is 12.1 Å². The van der Waals surface area contributed by atoms with Crippen LogP contribution in [0.5, 0.6) is 11.5 Å². The number of nitrogens with two attached hydrogens (primary N) is 1. The highest BCUT2D eigenvalue weighted by Crippen LogP contribution is 2.36. The molecule has 15 heavy (non-hydrogen) atoms. The van der Waals surface area contributed by atoms with Gasteiger partial charge in [-0.3, -0.25) is 0 Å². The number of hydrogen-bond donors (Lipinski definition) is 3. The summed E-state index contributed by atoms with van der Waals surface area (Å²) in [5.41, 5.74) is 6.53. The normalized spacial score (nSPS) is 13.1. The first kappa shape index (κ1) is 14.1. The monoisotopic (exact) mass is 231 g/mol. The lowest BCUT2D eigenvalue weighted by Gasteiger charge is -2.27. The van der Waals surface area contributed by atoms with E-state index in [0.29, 0.717) is 5.56 Å². The van der Waals surface area contributed by atoms with Crippen molar-refractivity contribution < 1.29 is 10.2 Å². The van der Waals surface area contributed by atoms with Crippen molar-refractivity contribution in [2.45, 2.75) is 26.8 Å². The maximum Gasteiger partial charge on any atom is 0.124 e. The van der Waals surface area contributed by atoms with Crippen LogP contribution in [0.15, 0.2) is 18.2 Å². The zero-order valence-corrected chi connectivity index (χ0v) is 10.0. The van der Waals surface area contributed by atoms with Crippen molar-refractivity contribution in [1.82, 2.24) is 0 Å². The lowest BCUT2D eigenvalue weighted by atomic mass is 9.83. The van der Waals surface area contributed by atoms with Gasteiger partial charge in [0.05, 0.1) is 0 Å². The molecule has 0 bridgehead atoms. The van der Waals surface area contributed by atoms with Crippen molar-refractivity contribution in [1.29, 1.82) is 0 Å². The van der Waals surface area contributed by atoms with Gasteiger partial charge in [-0.05, 0) is 11.5 Å². The van der Waals surface area contributed by atoms with Crippen molar-refractivity contribution in [3.05, 3.63) is 23.8 Å². The molecular formula is C11H18ClNO2. The molecule has 1 rings (SSSR count). The Morgan fingerprint density at radius 1 is 1.20 bits per heavy atom. The second-order valence-corrected chi connectivity index (χ2v) is 4.59. The summed E-state index contributed by atoms with van der Waals surface area (Å²) in [5, 5.41) is 18.7. The number of hydrogen-bond acceptors (Lipinski definition) is 3. The summed E-state index contributed by atoms with van der Waals surface area (Å²) in [6.07, 6.45) is 0. The first-order valence-corrected chi connectivity index (χ1v) is 4.60. The van der Waals surface area contributed by atoms with Gasteiger partial charge in [-0.1, -0.05) is 26.8 Å². The predicted octanol–water partition coefficient (Wildman–Crippen LogP) is 2.57. The molecule has 4 N–H and O–H groups in total. The minimum Gasteiger partial charge on any atom is -0.508 e. The van der Waals surface area contributed by atoms with Crippen LogP contribution in [0.2, 0.25) is 0 Å². The molecule has 0 saturated carbocycles. The number of halogens is 1. The minimum absolute atomic E-state index is 0. The SMILES string of the molecule is CC(C)(C)[C@@H](N)c1ccc(O)cc1O.Cl. The van der Waals surface area contributed by atoms with E-state index in [1.54, 1.807) is 6.07 Å². The minimum atomic E-state index is -0.247. The van der Waals surface area contributed by atoms with Crippen LogP contribution in [0.25, 0.3) is 0 Å². The molecule has 0 spiro atoms. The van der Waals surface area contributed by atoms with Gasteiger partial charge in [0.15, 0.2) is 0 Å². The number of rotatable bonds is 1. The second kappa shape index (κ2) is 4.73. The summed E-state index contributed by atoms with van der Waals surface area (Å²) in [6.45, 7) is 6.01. The van der Waals surface area contributed by atoms with Gasteiger partial charge in [-0.25, -0.2) is 0 Å². The molecule has 0 aliphatic carbocycles. The van der Waals surface area contributed by atoms with E-state index < -0.39 is 0 Å². The largest absolute Gasteiger partial charge is 0.508 e. The van der Waals surface area contributed by atoms with Crippen LogP contribution in [-0.2, 0) is 0 Å². The fraction of sp³-hybridized carbons (Fsp3) is 0.455. The molecule has 0 heterocycles. The number of phenols is 2. The lowest BCUT2D eigenvalue weighted by molar-refractivity contribution is 0.317. The Morgan fingerprint density at radius 2 is 1.73 bits per heavy atom. The molecule has 0 amide bonds. The molecule has 0 fully saturated rings. The van der Waals surface area contributed by atoms with E-state index >= 15 is 0 Å². The van der Waals surface area contributed by atoms with E-state index in [9.17, 15) is 5.11 Å². The molecule has 0 unspecified atom stereocenters. The Kier molecular flexibility index (Phi) is 4.43. The summed E-state index contributed by atoms with van der Waals surface area (Å²) >= 11 is 0. The van der Waals surface area contributed by atoms with Crippen LogP contribution in [0, 0.1) is 5.41 Å². The topological polar surface area (TPSA) is 66.5 Å². The second-order valence-electron chi connectivity index (χ2n) is 4.59. The highest BCUT2D eigenvalue weighted by Gasteiger charge is 2.24. The van der Waals surface area contributed by atoms with E-state index in [4.69, 9.17) is 10.8 Å². The highest BCUT2D eigenvalue weighted by atomic mass is 35.5. The molecule has 0 saturated heterocycles. The summed E-state index contributed by atoms with van der Waals surface area (Å²) in [5.74, 6) is 0.0970. The maximum absolute atomic E-state index is 9.59. The first-order valence-electron chi connectivity index (χ1n) is 4.60. The van der Waals surface area contributed by atoms with Crippen molar-refractivity contribution in [2.75, 3.05) is 0 Å². The quantitative estimate of drug-likeness (QED) is 0.696. The first-order chi connectivity index (χ1) is 6.32. The third-order valence-corrected chi connectivity index (χ3v) is 2.28. The fourth-order valence-corrected chi connectivity index (χ4v) is 1.26. The van der Waals surface area contributed by atoms with Crippen LogP contribution in [0.1, 0.15) is 32.4 Å². The van der Waals surface area contributed by atoms with Gasteiger partial charge in [0, 0.05) is 17.7 Å². The Balaban J connectivity index is 0.00000196. The van der Waals surface area contributed by atoms with Crippen LogP contribution in [0.3, 0.4) is 0 Å². The summed E-state index contributed by atoms with van der Waals surface area (Å²) < 4.78 is 0. The van der Waals surface area contributed by atoms with E-state index in [0.717, 1.165) is 0 Å². The zero-order valence-electron chi connectivity index (χ0n) is 9.19. The smallest absolute Gasteiger partial charge is 0.124 e. The Morgan fingerprint density at radius 3 is 2.13 bits per heavy atom. The van der Waals surface area contributed by atoms with Gasteiger partial charge in [-0.2, -0.15) is 0 Å². The van der Waals surface area contributed by atoms with Gasteiger partial charge in [0.25, 0.3) is 0 Å². The van der Waals surface area contributed by atoms with Gasteiger partial charge >= 0.3 is 0 Å². The fourth-order valence-electron chi connectivity index (χ4n) is 1.26. The van der Waals surface area contributed by atoms with E-state index in [-0.39, 0.29) is 35.4 Å². The third-order valence-electron chi connectivity index (χ3n) is 2.28. The van der Waals surface area contributed by atoms with Crippen molar-refractivity contribution in [3.8, 4) is 11.5 Å². The van der Waals surface area contributed by atoms with Crippen LogP contribution >= 0.6 is 12.4 Å².